The van der Waals surface area contributed by atoms with Gasteiger partial charge in [0.1, 0.15) is 12.4 Å². The Balaban J connectivity index is 1.65. The molecule has 6 nitrogen and oxygen atoms in total. The van der Waals surface area contributed by atoms with Gasteiger partial charge in [-0.25, -0.2) is 4.79 Å². The highest BCUT2D eigenvalue weighted by Gasteiger charge is 2.14. The summed E-state index contributed by atoms with van der Waals surface area (Å²) in [6, 6.07) is 14.7. The predicted molar refractivity (Wildman–Crippen MR) is 97.2 cm³/mol. The lowest BCUT2D eigenvalue weighted by Crippen LogP contribution is -2.06. The molecular formula is C19H18N2O4S. The van der Waals surface area contributed by atoms with E-state index in [4.69, 9.17) is 14.0 Å². The third kappa shape index (κ3) is 4.64. The Morgan fingerprint density at radius 2 is 2.04 bits per heavy atom. The van der Waals surface area contributed by atoms with E-state index >= 15 is 0 Å². The third-order valence-corrected chi connectivity index (χ3v) is 4.59. The maximum atomic E-state index is 12.5. The van der Waals surface area contributed by atoms with Gasteiger partial charge in [0.25, 0.3) is 0 Å². The number of methoxy groups -OCH3 is 1. The van der Waals surface area contributed by atoms with Crippen LogP contribution in [0.2, 0.25) is 0 Å². The highest BCUT2D eigenvalue weighted by molar-refractivity contribution is 7.98. The monoisotopic (exact) mass is 370 g/mol. The van der Waals surface area contributed by atoms with E-state index in [1.54, 1.807) is 20.1 Å². The number of ether oxygens (including phenoxy) is 2. The van der Waals surface area contributed by atoms with E-state index in [-0.39, 0.29) is 12.6 Å². The number of carbonyl (C=O) groups is 1. The third-order valence-electron chi connectivity index (χ3n) is 3.53. The van der Waals surface area contributed by atoms with Crippen LogP contribution in [0.15, 0.2) is 57.9 Å². The van der Waals surface area contributed by atoms with Crippen LogP contribution >= 0.6 is 11.8 Å². The fraction of sp³-hybridized carbons (Fsp3) is 0.211. The molecular weight excluding hydrogens is 352 g/mol. The van der Waals surface area contributed by atoms with Crippen molar-refractivity contribution in [2.24, 2.45) is 0 Å². The van der Waals surface area contributed by atoms with Gasteiger partial charge in [0.05, 0.1) is 18.4 Å². The second-order valence-corrected chi connectivity index (χ2v) is 6.47. The number of benzene rings is 2. The molecule has 0 atom stereocenters. The average Bonchev–Trinajstić information content (AvgIpc) is 3.10. The first-order valence-corrected chi connectivity index (χ1v) is 8.95. The van der Waals surface area contributed by atoms with E-state index in [9.17, 15) is 4.79 Å². The molecule has 0 aliphatic heterocycles. The van der Waals surface area contributed by atoms with E-state index in [1.807, 2.05) is 42.5 Å². The van der Waals surface area contributed by atoms with E-state index in [1.165, 1.54) is 11.8 Å². The number of carbonyl (C=O) groups excluding carboxylic acids is 1. The van der Waals surface area contributed by atoms with Crippen molar-refractivity contribution in [3.63, 3.8) is 0 Å². The smallest absolute Gasteiger partial charge is 0.339 e. The largest absolute Gasteiger partial charge is 0.497 e. The van der Waals surface area contributed by atoms with Crippen LogP contribution in [0.4, 0.5) is 0 Å². The molecule has 0 amide bonds. The van der Waals surface area contributed by atoms with Gasteiger partial charge in [-0.2, -0.15) is 4.98 Å². The Bertz CT molecular complexity index is 895. The molecule has 0 saturated carbocycles. The van der Waals surface area contributed by atoms with Crippen molar-refractivity contribution in [2.75, 3.05) is 7.11 Å². The number of hydrogen-bond acceptors (Lipinski definition) is 7. The summed E-state index contributed by atoms with van der Waals surface area (Å²) < 4.78 is 15.7. The van der Waals surface area contributed by atoms with E-state index in [0.29, 0.717) is 23.0 Å². The van der Waals surface area contributed by atoms with Gasteiger partial charge in [-0.15, -0.1) is 11.8 Å². The predicted octanol–water partition coefficient (Wildman–Crippen LogP) is 4.04. The summed E-state index contributed by atoms with van der Waals surface area (Å²) in [6.07, 6.45) is 0. The molecule has 0 spiro atoms. The van der Waals surface area contributed by atoms with Crippen LogP contribution in [-0.2, 0) is 17.1 Å². The van der Waals surface area contributed by atoms with Crippen LogP contribution < -0.4 is 4.74 Å². The molecule has 1 heterocycles. The van der Waals surface area contributed by atoms with Crippen LogP contribution in [0.1, 0.15) is 27.6 Å². The van der Waals surface area contributed by atoms with Crippen molar-refractivity contribution in [2.45, 2.75) is 24.2 Å². The van der Waals surface area contributed by atoms with Crippen molar-refractivity contribution in [3.05, 3.63) is 71.4 Å². The summed E-state index contributed by atoms with van der Waals surface area (Å²) in [4.78, 5) is 17.5. The Morgan fingerprint density at radius 3 is 2.81 bits per heavy atom. The number of thioether (sulfide) groups is 1. The van der Waals surface area contributed by atoms with Gasteiger partial charge < -0.3 is 14.0 Å². The first kappa shape index (κ1) is 18.0. The van der Waals surface area contributed by atoms with Crippen LogP contribution in [0, 0.1) is 6.92 Å². The molecule has 7 heteroatoms. The maximum Gasteiger partial charge on any atom is 0.339 e. The molecule has 134 valence electrons. The van der Waals surface area contributed by atoms with Gasteiger partial charge in [0, 0.05) is 4.90 Å². The molecule has 3 rings (SSSR count). The number of esters is 1. The topological polar surface area (TPSA) is 74.5 Å². The van der Waals surface area contributed by atoms with E-state index in [0.717, 1.165) is 16.2 Å². The lowest BCUT2D eigenvalue weighted by Gasteiger charge is -2.09. The molecule has 2 aromatic carbocycles. The maximum absolute atomic E-state index is 12.5. The molecule has 3 aromatic rings. The molecule has 0 aliphatic carbocycles. The Morgan fingerprint density at radius 1 is 1.19 bits per heavy atom. The SMILES string of the molecule is COc1cccc(COC(=O)c2ccccc2SCc2nc(C)no2)c1. The molecule has 0 N–H and O–H groups in total. The van der Waals surface area contributed by atoms with Gasteiger partial charge in [-0.1, -0.05) is 29.4 Å². The van der Waals surface area contributed by atoms with Crippen molar-refractivity contribution >= 4 is 17.7 Å². The highest BCUT2D eigenvalue weighted by Crippen LogP contribution is 2.26. The average molecular weight is 370 g/mol. The molecule has 0 saturated heterocycles. The first-order valence-electron chi connectivity index (χ1n) is 7.97. The van der Waals surface area contributed by atoms with Crippen LogP contribution in [-0.4, -0.2) is 23.2 Å². The first-order chi connectivity index (χ1) is 12.7. The minimum Gasteiger partial charge on any atom is -0.497 e. The van der Waals surface area contributed by atoms with Gasteiger partial charge >= 0.3 is 5.97 Å². The van der Waals surface area contributed by atoms with Gasteiger partial charge in [-0.05, 0) is 36.8 Å². The van der Waals surface area contributed by atoms with E-state index in [2.05, 4.69) is 10.1 Å². The summed E-state index contributed by atoms with van der Waals surface area (Å²) >= 11 is 1.45. The van der Waals surface area contributed by atoms with Gasteiger partial charge in [0.2, 0.25) is 5.89 Å². The molecule has 0 bridgehead atoms. The summed E-state index contributed by atoms with van der Waals surface area (Å²) in [5.41, 5.74) is 1.38. The summed E-state index contributed by atoms with van der Waals surface area (Å²) in [7, 11) is 1.60. The zero-order chi connectivity index (χ0) is 18.4. The fourth-order valence-corrected chi connectivity index (χ4v) is 3.17. The van der Waals surface area contributed by atoms with Crippen molar-refractivity contribution in [1.29, 1.82) is 0 Å². The minimum atomic E-state index is -0.377. The summed E-state index contributed by atoms with van der Waals surface area (Å²) in [5.74, 6) is 1.95. The van der Waals surface area contributed by atoms with E-state index < -0.39 is 0 Å². The lowest BCUT2D eigenvalue weighted by atomic mass is 10.2. The number of nitrogens with zero attached hydrogens (tertiary/aromatic N) is 2. The fourth-order valence-electron chi connectivity index (χ4n) is 2.29. The molecule has 0 fully saturated rings. The van der Waals surface area contributed by atoms with Crippen LogP contribution in [0.5, 0.6) is 5.75 Å². The summed E-state index contributed by atoms with van der Waals surface area (Å²) in [6.45, 7) is 1.94. The van der Waals surface area contributed by atoms with Crippen molar-refractivity contribution in [1.82, 2.24) is 10.1 Å². The van der Waals surface area contributed by atoms with Crippen LogP contribution in [0.25, 0.3) is 0 Å². The normalized spacial score (nSPS) is 10.5. The second-order valence-electron chi connectivity index (χ2n) is 5.45. The van der Waals surface area contributed by atoms with Crippen molar-refractivity contribution in [3.8, 4) is 5.75 Å². The Hall–Kier alpha value is -2.80. The molecule has 1 aromatic heterocycles. The Kier molecular flexibility index (Phi) is 5.91. The number of rotatable bonds is 7. The second kappa shape index (κ2) is 8.53. The lowest BCUT2D eigenvalue weighted by molar-refractivity contribution is 0.0468. The van der Waals surface area contributed by atoms with Crippen molar-refractivity contribution < 1.29 is 18.8 Å². The quantitative estimate of drug-likeness (QED) is 0.459. The number of hydrogen-bond donors (Lipinski definition) is 0. The molecule has 0 unspecified atom stereocenters. The molecule has 0 aliphatic rings. The molecule has 0 radical (unpaired) electrons. The molecule has 26 heavy (non-hydrogen) atoms. The zero-order valence-corrected chi connectivity index (χ0v) is 15.3. The number of aromatic nitrogens is 2. The minimum absolute atomic E-state index is 0.178. The van der Waals surface area contributed by atoms with Crippen LogP contribution in [0.3, 0.4) is 0 Å². The standard InChI is InChI=1S/C19H18N2O4S/c1-13-20-18(25-21-13)12-26-17-9-4-3-8-16(17)19(22)24-11-14-6-5-7-15(10-14)23-2/h3-10H,11-12H2,1-2H3. The zero-order valence-electron chi connectivity index (χ0n) is 14.5. The van der Waals surface area contributed by atoms with Gasteiger partial charge in [-0.3, -0.25) is 0 Å². The highest BCUT2D eigenvalue weighted by atomic mass is 32.2. The number of aryl methyl sites for hydroxylation is 1. The Labute approximate surface area is 155 Å². The van der Waals surface area contributed by atoms with Gasteiger partial charge in [0.15, 0.2) is 5.82 Å². The summed E-state index contributed by atoms with van der Waals surface area (Å²) in [5, 5.41) is 3.76.